The van der Waals surface area contributed by atoms with Gasteiger partial charge in [0.1, 0.15) is 11.5 Å². The second-order valence-corrected chi connectivity index (χ2v) is 7.35. The topological polar surface area (TPSA) is 76.7 Å². The van der Waals surface area contributed by atoms with Crippen LogP contribution in [-0.4, -0.2) is 24.5 Å². The molecule has 29 heavy (non-hydrogen) atoms. The number of hydrazine groups is 1. The molecule has 0 aliphatic carbocycles. The summed E-state index contributed by atoms with van der Waals surface area (Å²) in [6.07, 6.45) is -0.240. The van der Waals surface area contributed by atoms with Crippen molar-refractivity contribution in [2.75, 3.05) is 6.61 Å². The molecule has 156 valence electrons. The average molecular weight is 399 g/mol. The summed E-state index contributed by atoms with van der Waals surface area (Å²) in [7, 11) is 0. The largest absolute Gasteiger partial charge is 0.483 e. The van der Waals surface area contributed by atoms with E-state index in [1.54, 1.807) is 0 Å². The monoisotopic (exact) mass is 398 g/mol. The molecule has 0 aliphatic rings. The zero-order valence-corrected chi connectivity index (χ0v) is 17.7. The second-order valence-electron chi connectivity index (χ2n) is 7.35. The van der Waals surface area contributed by atoms with Crippen LogP contribution >= 0.6 is 0 Å². The van der Waals surface area contributed by atoms with Gasteiger partial charge in [-0.1, -0.05) is 50.6 Å². The molecule has 0 saturated heterocycles. The Labute approximate surface area is 172 Å². The van der Waals surface area contributed by atoms with E-state index in [2.05, 4.69) is 24.7 Å². The quantitative estimate of drug-likeness (QED) is 0.663. The summed E-state index contributed by atoms with van der Waals surface area (Å²) in [5, 5.41) is 0. The summed E-state index contributed by atoms with van der Waals surface area (Å²) >= 11 is 0. The maximum absolute atomic E-state index is 12.3. The summed E-state index contributed by atoms with van der Waals surface area (Å²) in [5.74, 6) is 0.695. The standard InChI is InChI=1S/C23H30N2O4/c1-6-20(29-18-10-7-16(4)8-11-18)23(27)25-24-22(26)14-28-21-13-17(5)9-12-19(21)15(2)3/h7-13,15,20H,6,14H2,1-5H3,(H,24,26)(H,25,27). The molecule has 0 aliphatic heterocycles. The van der Waals surface area contributed by atoms with Crippen LogP contribution < -0.4 is 20.3 Å². The van der Waals surface area contributed by atoms with Crippen molar-refractivity contribution in [3.05, 3.63) is 59.2 Å². The van der Waals surface area contributed by atoms with Crippen LogP contribution in [0, 0.1) is 13.8 Å². The van der Waals surface area contributed by atoms with Crippen LogP contribution in [0.5, 0.6) is 11.5 Å². The highest BCUT2D eigenvalue weighted by Gasteiger charge is 2.19. The average Bonchev–Trinajstić information content (AvgIpc) is 2.69. The Bertz CT molecular complexity index is 831. The highest BCUT2D eigenvalue weighted by Crippen LogP contribution is 2.27. The Balaban J connectivity index is 1.85. The zero-order chi connectivity index (χ0) is 21.4. The van der Waals surface area contributed by atoms with Crippen LogP contribution in [0.15, 0.2) is 42.5 Å². The van der Waals surface area contributed by atoms with E-state index in [0.717, 1.165) is 16.7 Å². The lowest BCUT2D eigenvalue weighted by molar-refractivity contribution is -0.134. The summed E-state index contributed by atoms with van der Waals surface area (Å²) in [6.45, 7) is 9.73. The van der Waals surface area contributed by atoms with E-state index >= 15 is 0 Å². The molecule has 2 aromatic rings. The van der Waals surface area contributed by atoms with Crippen LogP contribution in [0.2, 0.25) is 0 Å². The predicted molar refractivity (Wildman–Crippen MR) is 113 cm³/mol. The smallest absolute Gasteiger partial charge is 0.279 e. The minimum absolute atomic E-state index is 0.195. The van der Waals surface area contributed by atoms with Gasteiger partial charge in [0, 0.05) is 0 Å². The van der Waals surface area contributed by atoms with Crippen molar-refractivity contribution in [2.45, 2.75) is 53.1 Å². The van der Waals surface area contributed by atoms with Gasteiger partial charge in [-0.05, 0) is 55.5 Å². The zero-order valence-electron chi connectivity index (χ0n) is 17.7. The van der Waals surface area contributed by atoms with E-state index in [9.17, 15) is 9.59 Å². The number of amides is 2. The molecule has 0 heterocycles. The molecule has 0 spiro atoms. The maximum Gasteiger partial charge on any atom is 0.279 e. The van der Waals surface area contributed by atoms with Gasteiger partial charge in [-0.15, -0.1) is 0 Å². The van der Waals surface area contributed by atoms with E-state index in [0.29, 0.717) is 17.9 Å². The second kappa shape index (κ2) is 10.5. The molecule has 1 unspecified atom stereocenters. The molecule has 0 saturated carbocycles. The fourth-order valence-electron chi connectivity index (χ4n) is 2.74. The van der Waals surface area contributed by atoms with Gasteiger partial charge in [-0.25, -0.2) is 0 Å². The van der Waals surface area contributed by atoms with Crippen molar-refractivity contribution >= 4 is 11.8 Å². The number of hydrogen-bond donors (Lipinski definition) is 2. The van der Waals surface area contributed by atoms with Crippen LogP contribution in [0.1, 0.15) is 49.8 Å². The third kappa shape index (κ3) is 6.82. The highest BCUT2D eigenvalue weighted by molar-refractivity contribution is 5.85. The maximum atomic E-state index is 12.3. The molecule has 0 fully saturated rings. The lowest BCUT2D eigenvalue weighted by atomic mass is 10.0. The van der Waals surface area contributed by atoms with Gasteiger partial charge in [0.25, 0.3) is 11.8 Å². The molecule has 6 heteroatoms. The van der Waals surface area contributed by atoms with Gasteiger partial charge in [-0.3, -0.25) is 20.4 Å². The number of aryl methyl sites for hydroxylation is 2. The minimum Gasteiger partial charge on any atom is -0.483 e. The number of benzene rings is 2. The van der Waals surface area contributed by atoms with Gasteiger partial charge < -0.3 is 9.47 Å². The van der Waals surface area contributed by atoms with Crippen molar-refractivity contribution in [2.24, 2.45) is 0 Å². The first-order valence-corrected chi connectivity index (χ1v) is 9.85. The number of carbonyl (C=O) groups is 2. The Kier molecular flexibility index (Phi) is 8.07. The van der Waals surface area contributed by atoms with Gasteiger partial charge in [0.05, 0.1) is 0 Å². The first-order valence-electron chi connectivity index (χ1n) is 9.85. The van der Waals surface area contributed by atoms with Gasteiger partial charge in [0.15, 0.2) is 12.7 Å². The number of rotatable bonds is 8. The Morgan fingerprint density at radius 2 is 1.62 bits per heavy atom. The van der Waals surface area contributed by atoms with Gasteiger partial charge in [-0.2, -0.15) is 0 Å². The molecule has 0 bridgehead atoms. The Morgan fingerprint density at radius 1 is 0.966 bits per heavy atom. The van der Waals surface area contributed by atoms with E-state index < -0.39 is 17.9 Å². The first-order chi connectivity index (χ1) is 13.8. The number of hydrogen-bond acceptors (Lipinski definition) is 4. The van der Waals surface area contributed by atoms with E-state index in [4.69, 9.17) is 9.47 Å². The fourth-order valence-corrected chi connectivity index (χ4v) is 2.74. The SMILES string of the molecule is CCC(Oc1ccc(C)cc1)C(=O)NNC(=O)COc1cc(C)ccc1C(C)C. The van der Waals surface area contributed by atoms with Crippen LogP contribution in [-0.2, 0) is 9.59 Å². The fraction of sp³-hybridized carbons (Fsp3) is 0.391. The van der Waals surface area contributed by atoms with E-state index in [-0.39, 0.29) is 12.5 Å². The van der Waals surface area contributed by atoms with E-state index in [1.807, 2.05) is 63.2 Å². The van der Waals surface area contributed by atoms with Crippen molar-refractivity contribution in [3.8, 4) is 11.5 Å². The van der Waals surface area contributed by atoms with Crippen LogP contribution in [0.4, 0.5) is 0 Å². The molecule has 2 rings (SSSR count). The molecule has 2 aromatic carbocycles. The molecule has 0 radical (unpaired) electrons. The number of nitrogens with one attached hydrogen (secondary N) is 2. The lowest BCUT2D eigenvalue weighted by Crippen LogP contribution is -2.49. The van der Waals surface area contributed by atoms with Crippen molar-refractivity contribution in [1.82, 2.24) is 10.9 Å². The van der Waals surface area contributed by atoms with Crippen LogP contribution in [0.3, 0.4) is 0 Å². The van der Waals surface area contributed by atoms with Gasteiger partial charge >= 0.3 is 0 Å². The van der Waals surface area contributed by atoms with Gasteiger partial charge in [0.2, 0.25) is 0 Å². The van der Waals surface area contributed by atoms with E-state index in [1.165, 1.54) is 0 Å². The predicted octanol–water partition coefficient (Wildman–Crippen LogP) is 3.81. The summed E-state index contributed by atoms with van der Waals surface area (Å²) in [6, 6.07) is 13.4. The third-order valence-corrected chi connectivity index (χ3v) is 4.44. The highest BCUT2D eigenvalue weighted by atomic mass is 16.5. The molecule has 0 aromatic heterocycles. The van der Waals surface area contributed by atoms with Crippen molar-refractivity contribution in [1.29, 1.82) is 0 Å². The summed E-state index contributed by atoms with van der Waals surface area (Å²) in [4.78, 5) is 24.4. The summed E-state index contributed by atoms with van der Waals surface area (Å²) < 4.78 is 11.4. The molecule has 6 nitrogen and oxygen atoms in total. The lowest BCUT2D eigenvalue weighted by Gasteiger charge is -2.18. The number of ether oxygens (including phenoxy) is 2. The van der Waals surface area contributed by atoms with Crippen molar-refractivity contribution in [3.63, 3.8) is 0 Å². The first kappa shape index (κ1) is 22.3. The molecule has 1 atom stereocenters. The molecular formula is C23H30N2O4. The molecule has 2 amide bonds. The normalized spacial score (nSPS) is 11.7. The Hall–Kier alpha value is -3.02. The van der Waals surface area contributed by atoms with Crippen molar-refractivity contribution < 1.29 is 19.1 Å². The van der Waals surface area contributed by atoms with Crippen LogP contribution in [0.25, 0.3) is 0 Å². The molecule has 2 N–H and O–H groups in total. The summed E-state index contributed by atoms with van der Waals surface area (Å²) in [5.41, 5.74) is 7.98. The third-order valence-electron chi connectivity index (χ3n) is 4.44. The Morgan fingerprint density at radius 3 is 2.24 bits per heavy atom. The molecular weight excluding hydrogens is 368 g/mol. The minimum atomic E-state index is -0.705. The number of carbonyl (C=O) groups excluding carboxylic acids is 2.